The first-order valence-corrected chi connectivity index (χ1v) is 6.50. The van der Waals surface area contributed by atoms with Crippen LogP contribution >= 0.6 is 0 Å². The molecular formula is C14H18F3NO. The fourth-order valence-corrected chi connectivity index (χ4v) is 2.00. The predicted octanol–water partition coefficient (Wildman–Crippen LogP) is 3.52. The van der Waals surface area contributed by atoms with Gasteiger partial charge in [0.05, 0.1) is 0 Å². The molecule has 1 saturated carbocycles. The highest BCUT2D eigenvalue weighted by Crippen LogP contribution is 2.24. The van der Waals surface area contributed by atoms with Gasteiger partial charge >= 0.3 is 6.36 Å². The van der Waals surface area contributed by atoms with Crippen LogP contribution in [-0.4, -0.2) is 18.9 Å². The van der Waals surface area contributed by atoms with Crippen molar-refractivity contribution in [3.05, 3.63) is 29.8 Å². The minimum atomic E-state index is -4.63. The standard InChI is InChI=1S/C14H18F3NO/c1-10(9-18-12-5-6-12)7-11-3-2-4-13(8-11)19-14(15,16)17/h2-4,8,10,12,18H,5-7,9H2,1H3. The number of ether oxygens (including phenoxy) is 1. The molecule has 0 saturated heterocycles. The molecule has 19 heavy (non-hydrogen) atoms. The Balaban J connectivity index is 1.86. The predicted molar refractivity (Wildman–Crippen MR) is 67.0 cm³/mol. The summed E-state index contributed by atoms with van der Waals surface area (Å²) in [6.07, 6.45) is -1.41. The van der Waals surface area contributed by atoms with Crippen molar-refractivity contribution in [3.8, 4) is 5.75 Å². The van der Waals surface area contributed by atoms with Crippen LogP contribution in [0.1, 0.15) is 25.3 Å². The lowest BCUT2D eigenvalue weighted by Gasteiger charge is -2.14. The van der Waals surface area contributed by atoms with Crippen LogP contribution in [-0.2, 0) is 6.42 Å². The highest BCUT2D eigenvalue weighted by molar-refractivity contribution is 5.29. The molecule has 0 spiro atoms. The zero-order valence-electron chi connectivity index (χ0n) is 10.8. The molecule has 1 fully saturated rings. The Kier molecular flexibility index (Phi) is 4.34. The average molecular weight is 273 g/mol. The minimum absolute atomic E-state index is 0.146. The highest BCUT2D eigenvalue weighted by Gasteiger charge is 2.31. The van der Waals surface area contributed by atoms with Crippen molar-refractivity contribution in [2.24, 2.45) is 5.92 Å². The Morgan fingerprint density at radius 1 is 1.37 bits per heavy atom. The largest absolute Gasteiger partial charge is 0.573 e. The summed E-state index contributed by atoms with van der Waals surface area (Å²) in [6.45, 7) is 2.99. The Morgan fingerprint density at radius 2 is 2.11 bits per heavy atom. The van der Waals surface area contributed by atoms with Crippen molar-refractivity contribution in [2.45, 2.75) is 38.6 Å². The summed E-state index contributed by atoms with van der Waals surface area (Å²) >= 11 is 0. The van der Waals surface area contributed by atoms with Crippen LogP contribution in [0.2, 0.25) is 0 Å². The highest BCUT2D eigenvalue weighted by atomic mass is 19.4. The van der Waals surface area contributed by atoms with Crippen LogP contribution in [0.25, 0.3) is 0 Å². The number of alkyl halides is 3. The van der Waals surface area contributed by atoms with Gasteiger partial charge in [-0.25, -0.2) is 0 Å². The van der Waals surface area contributed by atoms with Gasteiger partial charge in [-0.05, 0) is 49.4 Å². The van der Waals surface area contributed by atoms with E-state index in [-0.39, 0.29) is 5.75 Å². The monoisotopic (exact) mass is 273 g/mol. The van der Waals surface area contributed by atoms with Crippen molar-refractivity contribution in [1.29, 1.82) is 0 Å². The maximum atomic E-state index is 12.1. The van der Waals surface area contributed by atoms with Gasteiger partial charge in [-0.3, -0.25) is 0 Å². The second-order valence-electron chi connectivity index (χ2n) is 5.19. The summed E-state index contributed by atoms with van der Waals surface area (Å²) in [7, 11) is 0. The molecule has 0 aromatic heterocycles. The Bertz CT molecular complexity index is 415. The number of halogens is 3. The van der Waals surface area contributed by atoms with Crippen LogP contribution in [0, 0.1) is 5.92 Å². The topological polar surface area (TPSA) is 21.3 Å². The number of hydrogen-bond acceptors (Lipinski definition) is 2. The van der Waals surface area contributed by atoms with E-state index in [2.05, 4.69) is 17.0 Å². The van der Waals surface area contributed by atoms with Crippen LogP contribution in [0.15, 0.2) is 24.3 Å². The van der Waals surface area contributed by atoms with Gasteiger partial charge in [-0.2, -0.15) is 0 Å². The number of nitrogens with one attached hydrogen (secondary N) is 1. The molecule has 1 aliphatic carbocycles. The third-order valence-electron chi connectivity index (χ3n) is 3.05. The normalized spacial score (nSPS) is 17.3. The van der Waals surface area contributed by atoms with Gasteiger partial charge in [0.25, 0.3) is 0 Å². The maximum Gasteiger partial charge on any atom is 0.573 e. The molecule has 1 aromatic rings. The first-order valence-electron chi connectivity index (χ1n) is 6.50. The molecule has 0 bridgehead atoms. The summed E-state index contributed by atoms with van der Waals surface area (Å²) in [5.74, 6) is 0.245. The molecule has 1 N–H and O–H groups in total. The molecule has 2 nitrogen and oxygen atoms in total. The second kappa shape index (κ2) is 5.82. The third kappa shape index (κ3) is 5.51. The summed E-state index contributed by atoms with van der Waals surface area (Å²) in [6, 6.07) is 6.86. The van der Waals surface area contributed by atoms with E-state index in [0.29, 0.717) is 12.0 Å². The minimum Gasteiger partial charge on any atom is -0.406 e. The maximum absolute atomic E-state index is 12.1. The van der Waals surface area contributed by atoms with Gasteiger partial charge in [-0.15, -0.1) is 13.2 Å². The number of rotatable bonds is 6. The Labute approximate surface area is 111 Å². The van der Waals surface area contributed by atoms with E-state index in [9.17, 15) is 13.2 Å². The van der Waals surface area contributed by atoms with Crippen molar-refractivity contribution < 1.29 is 17.9 Å². The molecule has 0 amide bonds. The fourth-order valence-electron chi connectivity index (χ4n) is 2.00. The molecule has 0 aliphatic heterocycles. The summed E-state index contributed by atoms with van der Waals surface area (Å²) in [5.41, 5.74) is 0.867. The average Bonchev–Trinajstić information content (AvgIpc) is 3.08. The van der Waals surface area contributed by atoms with Gasteiger partial charge in [0.2, 0.25) is 0 Å². The van der Waals surface area contributed by atoms with Crippen molar-refractivity contribution in [2.75, 3.05) is 6.54 Å². The summed E-state index contributed by atoms with van der Waals surface area (Å²) < 4.78 is 40.3. The van der Waals surface area contributed by atoms with E-state index in [0.717, 1.165) is 18.5 Å². The molecule has 0 radical (unpaired) electrons. The fraction of sp³-hybridized carbons (Fsp3) is 0.571. The van der Waals surface area contributed by atoms with Crippen LogP contribution in [0.5, 0.6) is 5.75 Å². The van der Waals surface area contributed by atoms with Crippen LogP contribution in [0.3, 0.4) is 0 Å². The quantitative estimate of drug-likeness (QED) is 0.856. The van der Waals surface area contributed by atoms with E-state index in [1.165, 1.54) is 25.0 Å². The molecule has 1 unspecified atom stereocenters. The molecule has 1 aromatic carbocycles. The van der Waals surface area contributed by atoms with Gasteiger partial charge in [0.1, 0.15) is 5.75 Å². The number of hydrogen-bond donors (Lipinski definition) is 1. The molecule has 2 rings (SSSR count). The van der Waals surface area contributed by atoms with E-state index in [1.807, 2.05) is 6.07 Å². The van der Waals surface area contributed by atoms with Crippen molar-refractivity contribution in [1.82, 2.24) is 5.32 Å². The first kappa shape index (κ1) is 14.2. The van der Waals surface area contributed by atoms with Gasteiger partial charge < -0.3 is 10.1 Å². The molecule has 1 aliphatic rings. The van der Waals surface area contributed by atoms with E-state index >= 15 is 0 Å². The summed E-state index contributed by atoms with van der Waals surface area (Å²) in [5, 5.41) is 3.42. The van der Waals surface area contributed by atoms with E-state index in [1.54, 1.807) is 6.07 Å². The second-order valence-corrected chi connectivity index (χ2v) is 5.19. The van der Waals surface area contributed by atoms with Crippen LogP contribution < -0.4 is 10.1 Å². The van der Waals surface area contributed by atoms with Crippen molar-refractivity contribution >= 4 is 0 Å². The van der Waals surface area contributed by atoms with Crippen molar-refractivity contribution in [3.63, 3.8) is 0 Å². The molecule has 5 heteroatoms. The lowest BCUT2D eigenvalue weighted by molar-refractivity contribution is -0.274. The van der Waals surface area contributed by atoms with E-state index in [4.69, 9.17) is 0 Å². The Morgan fingerprint density at radius 3 is 2.74 bits per heavy atom. The van der Waals surface area contributed by atoms with Gasteiger partial charge in [0, 0.05) is 6.04 Å². The number of benzene rings is 1. The summed E-state index contributed by atoms with van der Waals surface area (Å²) in [4.78, 5) is 0. The Hall–Kier alpha value is -1.23. The molecular weight excluding hydrogens is 255 g/mol. The lowest BCUT2D eigenvalue weighted by atomic mass is 10.0. The molecule has 1 atom stereocenters. The molecule has 106 valence electrons. The zero-order valence-corrected chi connectivity index (χ0v) is 10.8. The molecule has 0 heterocycles. The van der Waals surface area contributed by atoms with Gasteiger partial charge in [-0.1, -0.05) is 19.1 Å². The zero-order chi connectivity index (χ0) is 13.9. The lowest BCUT2D eigenvalue weighted by Crippen LogP contribution is -2.24. The van der Waals surface area contributed by atoms with E-state index < -0.39 is 6.36 Å². The third-order valence-corrected chi connectivity index (χ3v) is 3.05. The van der Waals surface area contributed by atoms with Crippen LogP contribution in [0.4, 0.5) is 13.2 Å². The first-order chi connectivity index (χ1) is 8.92. The smallest absolute Gasteiger partial charge is 0.406 e. The SMILES string of the molecule is CC(CNC1CC1)Cc1cccc(OC(F)(F)F)c1. The van der Waals surface area contributed by atoms with Gasteiger partial charge in [0.15, 0.2) is 0 Å².